The van der Waals surface area contributed by atoms with E-state index in [0.29, 0.717) is 17.0 Å². The van der Waals surface area contributed by atoms with Crippen molar-refractivity contribution in [2.24, 2.45) is 17.8 Å². The van der Waals surface area contributed by atoms with Gasteiger partial charge in [0, 0.05) is 29.9 Å². The molecule has 5 fully saturated rings. The summed E-state index contributed by atoms with van der Waals surface area (Å²) in [4.78, 5) is 43.0. The predicted molar refractivity (Wildman–Crippen MR) is 164 cm³/mol. The van der Waals surface area contributed by atoms with E-state index in [1.54, 1.807) is 7.11 Å². The van der Waals surface area contributed by atoms with Crippen molar-refractivity contribution in [2.45, 2.75) is 70.3 Å². The number of nitrogens with zero attached hydrogens (tertiary/aromatic N) is 2. The molecular weight excluding hydrogens is 526 g/mol. The minimum absolute atomic E-state index is 0.107. The van der Waals surface area contributed by atoms with Crippen molar-refractivity contribution in [2.75, 3.05) is 24.0 Å². The standard InChI is InChI=1S/C35H39N3O4/c1-20-16-34(2,3)37(4)29-15-30(42-5)24(13-27(20)29)14-28-31(39)36-33(41)38(32(28)40)26-8-6-25(7-9-26)35-17-21-10-22(18-35)12-23(11-21)19-35/h6-9,13-16,21-23H,10-12,17-19H2,1-5H3,(H,36,39,41)/b28-14-. The predicted octanol–water partition coefficient (Wildman–Crippen LogP) is 6.46. The van der Waals surface area contributed by atoms with Crippen molar-refractivity contribution in [3.63, 3.8) is 0 Å². The number of ether oxygens (including phenoxy) is 1. The maximum absolute atomic E-state index is 13.8. The van der Waals surface area contributed by atoms with Crippen molar-refractivity contribution in [1.29, 1.82) is 0 Å². The largest absolute Gasteiger partial charge is 0.496 e. The van der Waals surface area contributed by atoms with Crippen LogP contribution in [0.1, 0.15) is 76.0 Å². The molecule has 42 heavy (non-hydrogen) atoms. The van der Waals surface area contributed by atoms with Crippen molar-refractivity contribution in [1.82, 2.24) is 5.32 Å². The van der Waals surface area contributed by atoms with Crippen LogP contribution < -0.4 is 19.9 Å². The van der Waals surface area contributed by atoms with Gasteiger partial charge in [-0.25, -0.2) is 9.69 Å². The highest BCUT2D eigenvalue weighted by molar-refractivity contribution is 6.39. The van der Waals surface area contributed by atoms with Gasteiger partial charge in [-0.15, -0.1) is 0 Å². The molecule has 4 amide bonds. The average molecular weight is 566 g/mol. The molecule has 2 aromatic carbocycles. The van der Waals surface area contributed by atoms with Gasteiger partial charge < -0.3 is 9.64 Å². The van der Waals surface area contributed by atoms with E-state index in [0.717, 1.165) is 39.5 Å². The van der Waals surface area contributed by atoms with Gasteiger partial charge in [0.1, 0.15) is 11.3 Å². The highest BCUT2D eigenvalue weighted by atomic mass is 16.5. The maximum atomic E-state index is 13.8. The number of amides is 4. The third-order valence-electron chi connectivity index (χ3n) is 10.7. The molecule has 1 saturated heterocycles. The van der Waals surface area contributed by atoms with E-state index in [4.69, 9.17) is 4.74 Å². The number of hydrogen-bond acceptors (Lipinski definition) is 5. The van der Waals surface area contributed by atoms with Crippen LogP contribution in [0.3, 0.4) is 0 Å². The molecule has 6 aliphatic rings. The van der Waals surface area contributed by atoms with Crippen LogP contribution in [-0.2, 0) is 15.0 Å². The van der Waals surface area contributed by atoms with Crippen molar-refractivity contribution in [3.05, 3.63) is 64.7 Å². The molecular formula is C35H39N3O4. The van der Waals surface area contributed by atoms with E-state index < -0.39 is 17.8 Å². The summed E-state index contributed by atoms with van der Waals surface area (Å²) >= 11 is 0. The number of allylic oxidation sites excluding steroid dienone is 1. The molecule has 4 aliphatic carbocycles. The molecule has 1 N–H and O–H groups in total. The molecule has 7 nitrogen and oxygen atoms in total. The van der Waals surface area contributed by atoms with Crippen LogP contribution >= 0.6 is 0 Å². The summed E-state index contributed by atoms with van der Waals surface area (Å²) in [6.45, 7) is 6.35. The Labute approximate surface area is 247 Å². The number of rotatable bonds is 4. The molecule has 2 aliphatic heterocycles. The number of nitrogens with one attached hydrogen (secondary N) is 1. The van der Waals surface area contributed by atoms with E-state index >= 15 is 0 Å². The molecule has 2 heterocycles. The highest BCUT2D eigenvalue weighted by Gasteiger charge is 2.51. The first kappa shape index (κ1) is 27.0. The van der Waals surface area contributed by atoms with Gasteiger partial charge in [-0.05, 0) is 118 Å². The molecule has 0 unspecified atom stereocenters. The van der Waals surface area contributed by atoms with Gasteiger partial charge in [0.05, 0.1) is 18.3 Å². The number of carbonyl (C=O) groups is 3. The Balaban J connectivity index is 1.21. The zero-order valence-corrected chi connectivity index (χ0v) is 25.1. The zero-order chi connectivity index (χ0) is 29.6. The van der Waals surface area contributed by atoms with Crippen LogP contribution in [0.2, 0.25) is 0 Å². The van der Waals surface area contributed by atoms with E-state index in [1.807, 2.05) is 31.3 Å². The zero-order valence-electron chi connectivity index (χ0n) is 25.1. The van der Waals surface area contributed by atoms with E-state index in [1.165, 1.54) is 50.2 Å². The molecule has 0 aromatic heterocycles. The molecule has 0 spiro atoms. The number of imide groups is 2. The Bertz CT molecular complexity index is 1550. The molecule has 0 radical (unpaired) electrons. The minimum Gasteiger partial charge on any atom is -0.496 e. The number of urea groups is 1. The maximum Gasteiger partial charge on any atom is 0.335 e. The first-order chi connectivity index (χ1) is 20.0. The molecule has 0 atom stereocenters. The fourth-order valence-electron chi connectivity index (χ4n) is 8.96. The van der Waals surface area contributed by atoms with Crippen LogP contribution in [0.4, 0.5) is 16.2 Å². The first-order valence-electron chi connectivity index (χ1n) is 15.2. The number of anilines is 2. The Morgan fingerprint density at radius 3 is 2.17 bits per heavy atom. The second kappa shape index (κ2) is 9.32. The SMILES string of the molecule is COc1cc2c(cc1/C=C1/C(=O)NC(=O)N(c3ccc(C45CC6CC(CC(C6)C4)C5)cc3)C1=O)C(C)=CC(C)(C)N2C. The lowest BCUT2D eigenvalue weighted by Crippen LogP contribution is -2.54. The van der Waals surface area contributed by atoms with Gasteiger partial charge in [-0.2, -0.15) is 0 Å². The summed E-state index contributed by atoms with van der Waals surface area (Å²) in [5.41, 5.74) is 5.43. The summed E-state index contributed by atoms with van der Waals surface area (Å²) < 4.78 is 5.71. The Hall–Kier alpha value is -3.87. The van der Waals surface area contributed by atoms with Gasteiger partial charge in [-0.1, -0.05) is 18.2 Å². The fourth-order valence-corrected chi connectivity index (χ4v) is 8.96. The van der Waals surface area contributed by atoms with Crippen LogP contribution in [0, 0.1) is 17.8 Å². The van der Waals surface area contributed by atoms with Crippen LogP contribution in [-0.4, -0.2) is 37.5 Å². The number of fused-ring (bicyclic) bond motifs is 1. The lowest BCUT2D eigenvalue weighted by Gasteiger charge is -2.57. The van der Waals surface area contributed by atoms with Crippen molar-refractivity contribution in [3.8, 4) is 5.75 Å². The number of carbonyl (C=O) groups excluding carboxylic acids is 3. The van der Waals surface area contributed by atoms with Crippen LogP contribution in [0.5, 0.6) is 5.75 Å². The van der Waals surface area contributed by atoms with Crippen molar-refractivity contribution >= 4 is 40.9 Å². The average Bonchev–Trinajstić information content (AvgIpc) is 2.93. The molecule has 218 valence electrons. The normalized spacial score (nSPS) is 30.4. The van der Waals surface area contributed by atoms with Crippen molar-refractivity contribution < 1.29 is 19.1 Å². The number of methoxy groups -OCH3 is 1. The fraction of sp³-hybridized carbons (Fsp3) is 0.457. The van der Waals surface area contributed by atoms with Gasteiger partial charge in [0.2, 0.25) is 0 Å². The Kier molecular flexibility index (Phi) is 5.99. The molecule has 7 heteroatoms. The van der Waals surface area contributed by atoms with E-state index in [2.05, 4.69) is 49.2 Å². The number of hydrogen-bond donors (Lipinski definition) is 1. The van der Waals surface area contributed by atoms with E-state index in [9.17, 15) is 14.4 Å². The number of barbiturate groups is 1. The summed E-state index contributed by atoms with van der Waals surface area (Å²) in [6.07, 6.45) is 11.6. The third kappa shape index (κ3) is 4.11. The third-order valence-corrected chi connectivity index (χ3v) is 10.7. The Morgan fingerprint density at radius 2 is 1.57 bits per heavy atom. The topological polar surface area (TPSA) is 79.0 Å². The highest BCUT2D eigenvalue weighted by Crippen LogP contribution is 2.60. The second-order valence-corrected chi connectivity index (χ2v) is 13.9. The smallest absolute Gasteiger partial charge is 0.335 e. The lowest BCUT2D eigenvalue weighted by molar-refractivity contribution is -0.122. The lowest BCUT2D eigenvalue weighted by atomic mass is 9.48. The molecule has 4 bridgehead atoms. The first-order valence-corrected chi connectivity index (χ1v) is 15.2. The van der Waals surface area contributed by atoms with Gasteiger partial charge >= 0.3 is 6.03 Å². The summed E-state index contributed by atoms with van der Waals surface area (Å²) in [7, 11) is 3.61. The summed E-state index contributed by atoms with van der Waals surface area (Å²) in [6, 6.07) is 11.1. The van der Waals surface area contributed by atoms with Crippen LogP contribution in [0.15, 0.2) is 48.0 Å². The van der Waals surface area contributed by atoms with Gasteiger partial charge in [0.15, 0.2) is 0 Å². The van der Waals surface area contributed by atoms with Crippen LogP contribution in [0.25, 0.3) is 11.6 Å². The van der Waals surface area contributed by atoms with Gasteiger partial charge in [-0.3, -0.25) is 14.9 Å². The second-order valence-electron chi connectivity index (χ2n) is 13.9. The number of likely N-dealkylation sites (N-methyl/N-ethyl adjacent to an activating group) is 1. The molecule has 4 saturated carbocycles. The monoisotopic (exact) mass is 565 g/mol. The van der Waals surface area contributed by atoms with E-state index in [-0.39, 0.29) is 16.5 Å². The molecule has 2 aromatic rings. The number of benzene rings is 2. The van der Waals surface area contributed by atoms with Gasteiger partial charge in [0.25, 0.3) is 11.8 Å². The molecule has 8 rings (SSSR count). The quantitative estimate of drug-likeness (QED) is 0.340. The summed E-state index contributed by atoms with van der Waals surface area (Å²) in [5, 5.41) is 2.38. The summed E-state index contributed by atoms with van der Waals surface area (Å²) in [5.74, 6) is 1.68. The Morgan fingerprint density at radius 1 is 0.952 bits per heavy atom. The minimum atomic E-state index is -0.732.